The maximum Gasteiger partial charge on any atom is 0.223 e. The number of amides is 1. The monoisotopic (exact) mass is 366 g/mol. The summed E-state index contributed by atoms with van der Waals surface area (Å²) in [7, 11) is 0. The van der Waals surface area contributed by atoms with Crippen LogP contribution in [0.3, 0.4) is 0 Å². The lowest BCUT2D eigenvalue weighted by atomic mass is 10.1. The molecule has 1 heterocycles. The molecule has 0 bridgehead atoms. The minimum absolute atomic E-state index is 0.0476. The van der Waals surface area contributed by atoms with Crippen LogP contribution in [0.15, 0.2) is 59.1 Å². The third-order valence-corrected chi connectivity index (χ3v) is 4.60. The molecule has 4 nitrogen and oxygen atoms in total. The largest absolute Gasteiger partial charge is 0.441 e. The molecular formula is C22H23FN2O2. The van der Waals surface area contributed by atoms with E-state index in [1.165, 1.54) is 17.8 Å². The lowest BCUT2D eigenvalue weighted by Crippen LogP contribution is -2.30. The summed E-state index contributed by atoms with van der Waals surface area (Å²) in [6.07, 6.45) is 2.19. The molecule has 140 valence electrons. The average molecular weight is 366 g/mol. The van der Waals surface area contributed by atoms with Gasteiger partial charge in [-0.2, -0.15) is 0 Å². The van der Waals surface area contributed by atoms with Crippen molar-refractivity contribution in [1.29, 1.82) is 0 Å². The zero-order valence-corrected chi connectivity index (χ0v) is 15.6. The van der Waals surface area contributed by atoms with Gasteiger partial charge in [0.1, 0.15) is 5.82 Å². The van der Waals surface area contributed by atoms with Crippen molar-refractivity contribution in [2.75, 3.05) is 6.54 Å². The zero-order valence-electron chi connectivity index (χ0n) is 15.6. The van der Waals surface area contributed by atoms with E-state index in [9.17, 15) is 9.18 Å². The Hall–Kier alpha value is -2.95. The number of aryl methyl sites for hydroxylation is 2. The summed E-state index contributed by atoms with van der Waals surface area (Å²) in [6, 6.07) is 14.5. The fourth-order valence-corrected chi connectivity index (χ4v) is 2.95. The number of rotatable bonds is 7. The van der Waals surface area contributed by atoms with Crippen LogP contribution in [-0.2, 0) is 17.8 Å². The van der Waals surface area contributed by atoms with Gasteiger partial charge in [-0.25, -0.2) is 9.37 Å². The molecule has 27 heavy (non-hydrogen) atoms. The number of carbonyl (C=O) groups is 1. The molecule has 0 spiro atoms. The van der Waals surface area contributed by atoms with Crippen LogP contribution in [0.2, 0.25) is 0 Å². The van der Waals surface area contributed by atoms with Gasteiger partial charge in [-0.05, 0) is 37.1 Å². The third kappa shape index (κ3) is 4.61. The number of oxazole rings is 1. The van der Waals surface area contributed by atoms with Gasteiger partial charge in [0, 0.05) is 25.9 Å². The first-order valence-electron chi connectivity index (χ1n) is 9.10. The van der Waals surface area contributed by atoms with Gasteiger partial charge in [0.05, 0.1) is 11.8 Å². The predicted octanol–water partition coefficient (Wildman–Crippen LogP) is 4.77. The Bertz CT molecular complexity index is 920. The highest BCUT2D eigenvalue weighted by molar-refractivity contribution is 5.76. The van der Waals surface area contributed by atoms with E-state index in [-0.39, 0.29) is 11.7 Å². The number of hydrogen-bond donors (Lipinski definition) is 0. The Kier molecular flexibility index (Phi) is 6.01. The van der Waals surface area contributed by atoms with Crippen molar-refractivity contribution in [3.8, 4) is 11.3 Å². The summed E-state index contributed by atoms with van der Waals surface area (Å²) in [4.78, 5) is 18.6. The van der Waals surface area contributed by atoms with E-state index in [2.05, 4.69) is 4.98 Å². The summed E-state index contributed by atoms with van der Waals surface area (Å²) >= 11 is 0. The van der Waals surface area contributed by atoms with Gasteiger partial charge in [0.25, 0.3) is 0 Å². The molecule has 0 atom stereocenters. The van der Waals surface area contributed by atoms with E-state index in [1.54, 1.807) is 18.2 Å². The molecule has 0 aliphatic rings. The van der Waals surface area contributed by atoms with Crippen LogP contribution in [-0.4, -0.2) is 22.3 Å². The number of carbonyl (C=O) groups excluding carboxylic acids is 1. The lowest BCUT2D eigenvalue weighted by molar-refractivity contribution is -0.131. The van der Waals surface area contributed by atoms with Crippen molar-refractivity contribution in [3.63, 3.8) is 0 Å². The second-order valence-corrected chi connectivity index (χ2v) is 6.43. The average Bonchev–Trinajstić information content (AvgIpc) is 3.14. The second-order valence-electron chi connectivity index (χ2n) is 6.43. The number of aromatic nitrogens is 1. The second kappa shape index (κ2) is 8.62. The Balaban J connectivity index is 1.61. The highest BCUT2D eigenvalue weighted by atomic mass is 19.1. The molecule has 0 N–H and O–H groups in total. The molecule has 3 aromatic rings. The van der Waals surface area contributed by atoms with Crippen LogP contribution in [0.4, 0.5) is 4.39 Å². The molecule has 0 aliphatic heterocycles. The first-order chi connectivity index (χ1) is 13.1. The summed E-state index contributed by atoms with van der Waals surface area (Å²) in [5.74, 6) is 0.509. The van der Waals surface area contributed by atoms with E-state index in [0.717, 1.165) is 5.56 Å². The van der Waals surface area contributed by atoms with Crippen LogP contribution in [0, 0.1) is 12.7 Å². The van der Waals surface area contributed by atoms with Crippen molar-refractivity contribution in [2.24, 2.45) is 0 Å². The highest BCUT2D eigenvalue weighted by Gasteiger charge is 2.16. The predicted molar refractivity (Wildman–Crippen MR) is 102 cm³/mol. The standard InChI is InChI=1S/C22H23FN2O2/c1-3-25(15-17-9-5-4-8-16(17)2)22(26)13-12-21-24-14-20(27-21)18-10-6-7-11-19(18)23/h4-11,14H,3,12-13,15H2,1-2H3. The summed E-state index contributed by atoms with van der Waals surface area (Å²) in [5.41, 5.74) is 2.69. The summed E-state index contributed by atoms with van der Waals surface area (Å²) in [6.45, 7) is 5.25. The maximum atomic E-state index is 13.8. The van der Waals surface area contributed by atoms with E-state index in [4.69, 9.17) is 4.42 Å². The van der Waals surface area contributed by atoms with E-state index < -0.39 is 0 Å². The number of hydrogen-bond acceptors (Lipinski definition) is 3. The van der Waals surface area contributed by atoms with Gasteiger partial charge < -0.3 is 9.32 Å². The topological polar surface area (TPSA) is 46.3 Å². The third-order valence-electron chi connectivity index (χ3n) is 4.60. The van der Waals surface area contributed by atoms with Crippen LogP contribution in [0.1, 0.15) is 30.4 Å². The van der Waals surface area contributed by atoms with Crippen LogP contribution < -0.4 is 0 Å². The molecule has 0 radical (unpaired) electrons. The Morgan fingerprint density at radius 2 is 1.89 bits per heavy atom. The Morgan fingerprint density at radius 1 is 1.15 bits per heavy atom. The van der Waals surface area contributed by atoms with Crippen LogP contribution in [0.5, 0.6) is 0 Å². The SMILES string of the molecule is CCN(Cc1ccccc1C)C(=O)CCc1ncc(-c2ccccc2F)o1. The zero-order chi connectivity index (χ0) is 19.2. The van der Waals surface area contributed by atoms with Crippen molar-refractivity contribution in [2.45, 2.75) is 33.2 Å². The smallest absolute Gasteiger partial charge is 0.223 e. The number of benzene rings is 2. The molecule has 3 rings (SSSR count). The molecule has 2 aromatic carbocycles. The Morgan fingerprint density at radius 3 is 2.63 bits per heavy atom. The number of nitrogens with zero attached hydrogens (tertiary/aromatic N) is 2. The van der Waals surface area contributed by atoms with E-state index in [1.807, 2.05) is 43.0 Å². The van der Waals surface area contributed by atoms with Crippen molar-refractivity contribution < 1.29 is 13.6 Å². The maximum absolute atomic E-state index is 13.8. The minimum atomic E-state index is -0.355. The van der Waals surface area contributed by atoms with Gasteiger partial charge in [-0.1, -0.05) is 36.4 Å². The lowest BCUT2D eigenvalue weighted by Gasteiger charge is -2.21. The van der Waals surface area contributed by atoms with Gasteiger partial charge in [0.2, 0.25) is 5.91 Å². The molecule has 5 heteroatoms. The van der Waals surface area contributed by atoms with Crippen molar-refractivity contribution in [1.82, 2.24) is 9.88 Å². The first-order valence-corrected chi connectivity index (χ1v) is 9.10. The fourth-order valence-electron chi connectivity index (χ4n) is 2.95. The van der Waals surface area contributed by atoms with Crippen LogP contribution >= 0.6 is 0 Å². The fraction of sp³-hybridized carbons (Fsp3) is 0.273. The molecule has 0 aliphatic carbocycles. The van der Waals surface area contributed by atoms with Gasteiger partial charge in [0.15, 0.2) is 11.7 Å². The van der Waals surface area contributed by atoms with E-state index in [0.29, 0.717) is 43.1 Å². The quantitative estimate of drug-likeness (QED) is 0.605. The van der Waals surface area contributed by atoms with Crippen LogP contribution in [0.25, 0.3) is 11.3 Å². The summed E-state index contributed by atoms with van der Waals surface area (Å²) in [5, 5.41) is 0. The molecule has 1 amide bonds. The molecule has 0 fully saturated rings. The molecule has 0 saturated heterocycles. The van der Waals surface area contributed by atoms with Crippen molar-refractivity contribution >= 4 is 5.91 Å². The summed E-state index contributed by atoms with van der Waals surface area (Å²) < 4.78 is 19.5. The molecule has 0 unspecified atom stereocenters. The normalized spacial score (nSPS) is 10.8. The van der Waals surface area contributed by atoms with Crippen molar-refractivity contribution in [3.05, 3.63) is 77.6 Å². The highest BCUT2D eigenvalue weighted by Crippen LogP contribution is 2.23. The van der Waals surface area contributed by atoms with Gasteiger partial charge in [-0.15, -0.1) is 0 Å². The first kappa shape index (κ1) is 18.8. The van der Waals surface area contributed by atoms with Gasteiger partial charge >= 0.3 is 0 Å². The molecular weight excluding hydrogens is 343 g/mol. The number of halogens is 1. The molecule has 0 saturated carbocycles. The molecule has 1 aromatic heterocycles. The van der Waals surface area contributed by atoms with E-state index >= 15 is 0 Å². The van der Waals surface area contributed by atoms with Gasteiger partial charge in [-0.3, -0.25) is 4.79 Å². The Labute approximate surface area is 158 Å². The minimum Gasteiger partial charge on any atom is -0.441 e.